The van der Waals surface area contributed by atoms with E-state index >= 15 is 0 Å². The Labute approximate surface area is 107 Å². The largest absolute Gasteiger partial charge is 0.318 e. The normalized spacial score (nSPS) is 13.0. The van der Waals surface area contributed by atoms with Crippen molar-refractivity contribution in [2.45, 2.75) is 13.0 Å². The lowest BCUT2D eigenvalue weighted by Crippen LogP contribution is -2.16. The van der Waals surface area contributed by atoms with Gasteiger partial charge in [0, 0.05) is 30.6 Å². The molecule has 1 unspecified atom stereocenters. The summed E-state index contributed by atoms with van der Waals surface area (Å²) in [6.07, 6.45) is 3.47. The summed E-state index contributed by atoms with van der Waals surface area (Å²) < 4.78 is 2.94. The number of hydrogen-bond acceptors (Lipinski definition) is 5. The van der Waals surface area contributed by atoms with Gasteiger partial charge in [-0.25, -0.2) is 4.98 Å². The molecule has 3 rings (SSSR count). The monoisotopic (exact) mass is 259 g/mol. The molecule has 0 aromatic carbocycles. The van der Waals surface area contributed by atoms with Crippen LogP contribution in [0.2, 0.25) is 0 Å². The molecule has 0 saturated heterocycles. The van der Waals surface area contributed by atoms with E-state index in [1.165, 1.54) is 10.6 Å². The van der Waals surface area contributed by atoms with Crippen LogP contribution in [0.25, 0.3) is 5.78 Å². The molecular formula is C11H13N7O. The summed E-state index contributed by atoms with van der Waals surface area (Å²) in [6.45, 7) is 1.75. The van der Waals surface area contributed by atoms with Gasteiger partial charge in [-0.2, -0.15) is 14.6 Å². The fourth-order valence-electron chi connectivity index (χ4n) is 1.91. The van der Waals surface area contributed by atoms with E-state index < -0.39 is 6.04 Å². The highest BCUT2D eigenvalue weighted by molar-refractivity contribution is 5.30. The van der Waals surface area contributed by atoms with E-state index in [4.69, 9.17) is 5.73 Å². The maximum Gasteiger partial charge on any atom is 0.274 e. The van der Waals surface area contributed by atoms with Gasteiger partial charge >= 0.3 is 0 Å². The van der Waals surface area contributed by atoms with Crippen LogP contribution in [0.15, 0.2) is 23.3 Å². The Morgan fingerprint density at radius 2 is 2.21 bits per heavy atom. The lowest BCUT2D eigenvalue weighted by molar-refractivity contribution is 0.752. The van der Waals surface area contributed by atoms with E-state index in [0.717, 1.165) is 5.56 Å². The maximum absolute atomic E-state index is 11.8. The van der Waals surface area contributed by atoms with E-state index in [1.807, 2.05) is 7.05 Å². The number of nitrogens with zero attached hydrogens (tertiary/aromatic N) is 5. The van der Waals surface area contributed by atoms with Crippen molar-refractivity contribution in [2.75, 3.05) is 0 Å². The van der Waals surface area contributed by atoms with Crippen LogP contribution in [0.3, 0.4) is 0 Å². The van der Waals surface area contributed by atoms with E-state index in [1.54, 1.807) is 24.0 Å². The Bertz CT molecular complexity index is 797. The third kappa shape index (κ3) is 1.91. The first-order valence-electron chi connectivity index (χ1n) is 5.75. The van der Waals surface area contributed by atoms with E-state index in [0.29, 0.717) is 17.3 Å². The summed E-state index contributed by atoms with van der Waals surface area (Å²) in [7, 11) is 1.81. The summed E-state index contributed by atoms with van der Waals surface area (Å²) >= 11 is 0. The Hall–Kier alpha value is -2.48. The second-order valence-electron chi connectivity index (χ2n) is 4.41. The summed E-state index contributed by atoms with van der Waals surface area (Å²) in [5.74, 6) is 0.794. The number of hydrogen-bond donors (Lipinski definition) is 2. The molecular weight excluding hydrogens is 246 g/mol. The van der Waals surface area contributed by atoms with Gasteiger partial charge in [-0.15, -0.1) is 0 Å². The quantitative estimate of drug-likeness (QED) is 0.645. The van der Waals surface area contributed by atoms with Crippen LogP contribution < -0.4 is 11.3 Å². The molecule has 0 bridgehead atoms. The molecule has 3 N–H and O–H groups in total. The van der Waals surface area contributed by atoms with Crippen molar-refractivity contribution in [1.82, 2.24) is 29.4 Å². The average Bonchev–Trinajstić information content (AvgIpc) is 2.94. The van der Waals surface area contributed by atoms with Crippen LogP contribution in [0, 0.1) is 6.92 Å². The first-order chi connectivity index (χ1) is 9.04. The zero-order chi connectivity index (χ0) is 13.6. The Morgan fingerprint density at radius 1 is 1.42 bits per heavy atom. The number of rotatable bonds is 2. The lowest BCUT2D eigenvalue weighted by atomic mass is 10.2. The van der Waals surface area contributed by atoms with E-state index in [9.17, 15) is 4.79 Å². The van der Waals surface area contributed by atoms with E-state index in [-0.39, 0.29) is 5.56 Å². The Morgan fingerprint density at radius 3 is 2.89 bits per heavy atom. The van der Waals surface area contributed by atoms with Gasteiger partial charge in [0.15, 0.2) is 0 Å². The number of fused-ring (bicyclic) bond motifs is 1. The van der Waals surface area contributed by atoms with Gasteiger partial charge in [0.25, 0.3) is 11.3 Å². The van der Waals surface area contributed by atoms with Crippen LogP contribution in [0.1, 0.15) is 23.1 Å². The highest BCUT2D eigenvalue weighted by Gasteiger charge is 2.16. The zero-order valence-corrected chi connectivity index (χ0v) is 10.5. The van der Waals surface area contributed by atoms with Gasteiger partial charge in [0.2, 0.25) is 0 Å². The number of aryl methyl sites for hydroxylation is 2. The molecule has 0 aliphatic carbocycles. The van der Waals surface area contributed by atoms with E-state index in [2.05, 4.69) is 20.2 Å². The number of nitrogens with two attached hydrogens (primary N) is 1. The van der Waals surface area contributed by atoms with Crippen LogP contribution >= 0.6 is 0 Å². The van der Waals surface area contributed by atoms with Gasteiger partial charge in [0.05, 0.1) is 12.2 Å². The Balaban J connectivity index is 2.11. The summed E-state index contributed by atoms with van der Waals surface area (Å²) in [5, 5.41) is 6.93. The summed E-state index contributed by atoms with van der Waals surface area (Å²) in [4.78, 5) is 20.2. The molecule has 0 radical (unpaired) electrons. The molecule has 0 amide bonds. The van der Waals surface area contributed by atoms with Crippen molar-refractivity contribution in [1.29, 1.82) is 0 Å². The summed E-state index contributed by atoms with van der Waals surface area (Å²) in [5.41, 5.74) is 7.32. The molecule has 0 spiro atoms. The van der Waals surface area contributed by atoms with Crippen LogP contribution in [0.5, 0.6) is 0 Å². The molecule has 0 fully saturated rings. The van der Waals surface area contributed by atoms with Crippen molar-refractivity contribution in [2.24, 2.45) is 12.8 Å². The zero-order valence-electron chi connectivity index (χ0n) is 10.5. The third-order valence-corrected chi connectivity index (χ3v) is 2.85. The first kappa shape index (κ1) is 11.6. The minimum Gasteiger partial charge on any atom is -0.318 e. The van der Waals surface area contributed by atoms with Crippen LogP contribution in [0.4, 0.5) is 0 Å². The predicted molar refractivity (Wildman–Crippen MR) is 67.6 cm³/mol. The van der Waals surface area contributed by atoms with Crippen molar-refractivity contribution in [3.63, 3.8) is 0 Å². The molecule has 3 heterocycles. The topological polar surface area (TPSA) is 107 Å². The van der Waals surface area contributed by atoms with Gasteiger partial charge < -0.3 is 5.73 Å². The molecule has 8 nitrogen and oxygen atoms in total. The maximum atomic E-state index is 11.8. The Kier molecular flexibility index (Phi) is 2.46. The molecule has 1 atom stereocenters. The second kappa shape index (κ2) is 4.02. The second-order valence-corrected chi connectivity index (χ2v) is 4.41. The molecule has 98 valence electrons. The standard InChI is InChI=1S/C11H13N7O/c1-6-3-8(19)18-11(14-6)15-10(16-18)9(12)7-4-13-17(2)5-7/h3-5,9H,12H2,1-2H3,(H,14,15,16). The molecule has 3 aromatic rings. The fraction of sp³-hybridized carbons (Fsp3) is 0.273. The fourth-order valence-corrected chi connectivity index (χ4v) is 1.91. The van der Waals surface area contributed by atoms with Crippen LogP contribution in [-0.2, 0) is 7.05 Å². The van der Waals surface area contributed by atoms with Crippen LogP contribution in [-0.4, -0.2) is 29.4 Å². The smallest absolute Gasteiger partial charge is 0.274 e. The highest BCUT2D eigenvalue weighted by Crippen LogP contribution is 2.15. The predicted octanol–water partition coefficient (Wildman–Crippen LogP) is -0.492. The van der Waals surface area contributed by atoms with Gasteiger partial charge in [-0.3, -0.25) is 14.6 Å². The highest BCUT2D eigenvalue weighted by atomic mass is 16.1. The molecule has 0 aliphatic rings. The number of aromatic amines is 1. The molecule has 3 aromatic heterocycles. The van der Waals surface area contributed by atoms with Gasteiger partial charge in [-0.1, -0.05) is 0 Å². The average molecular weight is 259 g/mol. The molecule has 0 saturated carbocycles. The molecule has 0 aliphatic heterocycles. The SMILES string of the molecule is Cc1cc(=O)n2[nH]c(C(N)c3cnn(C)c3)nc2n1. The van der Waals surface area contributed by atoms with Crippen molar-refractivity contribution in [3.8, 4) is 0 Å². The number of H-pyrrole nitrogens is 1. The lowest BCUT2D eigenvalue weighted by Gasteiger charge is -2.03. The number of aromatic nitrogens is 6. The first-order valence-corrected chi connectivity index (χ1v) is 5.75. The number of nitrogens with one attached hydrogen (secondary N) is 1. The third-order valence-electron chi connectivity index (χ3n) is 2.85. The minimum atomic E-state index is -0.477. The van der Waals surface area contributed by atoms with Crippen molar-refractivity contribution < 1.29 is 0 Å². The van der Waals surface area contributed by atoms with Gasteiger partial charge in [-0.05, 0) is 6.92 Å². The minimum absolute atomic E-state index is 0.209. The van der Waals surface area contributed by atoms with Gasteiger partial charge in [0.1, 0.15) is 5.82 Å². The van der Waals surface area contributed by atoms with Crippen molar-refractivity contribution >= 4 is 5.78 Å². The summed E-state index contributed by atoms with van der Waals surface area (Å²) in [6, 6.07) is 0.958. The molecule has 8 heteroatoms. The molecule has 19 heavy (non-hydrogen) atoms. The van der Waals surface area contributed by atoms with Crippen molar-refractivity contribution in [3.05, 3.63) is 45.9 Å².